The van der Waals surface area contributed by atoms with E-state index in [0.29, 0.717) is 12.6 Å². The minimum Gasteiger partial charge on any atom is -0.392 e. The molecule has 2 aliphatic carbocycles. The summed E-state index contributed by atoms with van der Waals surface area (Å²) in [6, 6.07) is 0.0994. The van der Waals surface area contributed by atoms with Crippen molar-refractivity contribution in [2.24, 2.45) is 0 Å². The fourth-order valence-corrected chi connectivity index (χ4v) is 3.75. The number of aliphatic hydroxyl groups excluding tert-OH is 1. The molecule has 3 unspecified atom stereocenters. The maximum Gasteiger partial charge on any atom is 0.318 e. The molecule has 0 bridgehead atoms. The van der Waals surface area contributed by atoms with E-state index in [9.17, 15) is 9.90 Å². The van der Waals surface area contributed by atoms with Crippen LogP contribution in [0.4, 0.5) is 4.79 Å². The van der Waals surface area contributed by atoms with Crippen molar-refractivity contribution >= 4 is 6.03 Å². The van der Waals surface area contributed by atoms with Crippen LogP contribution in [0.2, 0.25) is 0 Å². The van der Waals surface area contributed by atoms with Gasteiger partial charge in [0.2, 0.25) is 0 Å². The number of amides is 2. The van der Waals surface area contributed by atoms with E-state index in [2.05, 4.69) is 5.32 Å². The van der Waals surface area contributed by atoms with Gasteiger partial charge in [0.05, 0.1) is 24.4 Å². The van der Waals surface area contributed by atoms with E-state index in [1.165, 1.54) is 19.3 Å². The van der Waals surface area contributed by atoms with Crippen LogP contribution in [0.3, 0.4) is 0 Å². The second kappa shape index (κ2) is 8.88. The maximum absolute atomic E-state index is 12.6. The van der Waals surface area contributed by atoms with Crippen molar-refractivity contribution < 1.29 is 14.6 Å². The van der Waals surface area contributed by atoms with Crippen molar-refractivity contribution in [1.82, 2.24) is 10.2 Å². The predicted molar refractivity (Wildman–Crippen MR) is 91.4 cm³/mol. The zero-order valence-electron chi connectivity index (χ0n) is 15.0. The Morgan fingerprint density at radius 2 is 1.74 bits per heavy atom. The van der Waals surface area contributed by atoms with Crippen LogP contribution in [0.1, 0.15) is 72.1 Å². The average molecular weight is 326 g/mol. The Kier molecular flexibility index (Phi) is 7.15. The van der Waals surface area contributed by atoms with Crippen LogP contribution < -0.4 is 5.32 Å². The molecule has 5 nitrogen and oxygen atoms in total. The van der Waals surface area contributed by atoms with Crippen molar-refractivity contribution in [3.8, 4) is 0 Å². The van der Waals surface area contributed by atoms with E-state index in [0.717, 1.165) is 32.1 Å². The molecule has 5 heteroatoms. The quantitative estimate of drug-likeness (QED) is 0.788. The van der Waals surface area contributed by atoms with Gasteiger partial charge in [0.25, 0.3) is 0 Å². The second-order valence-corrected chi connectivity index (χ2v) is 7.52. The molecule has 0 heterocycles. The second-order valence-electron chi connectivity index (χ2n) is 7.52. The van der Waals surface area contributed by atoms with Crippen LogP contribution in [-0.4, -0.2) is 53.0 Å². The van der Waals surface area contributed by atoms with Gasteiger partial charge in [-0.1, -0.05) is 25.7 Å². The molecule has 134 valence electrons. The Morgan fingerprint density at radius 3 is 2.35 bits per heavy atom. The molecule has 0 aromatic carbocycles. The molecule has 3 atom stereocenters. The lowest BCUT2D eigenvalue weighted by molar-refractivity contribution is -0.0420. The number of nitrogens with zero attached hydrogens (tertiary/aromatic N) is 1. The number of carbonyl (C=O) groups excluding carboxylic acids is 1. The summed E-state index contributed by atoms with van der Waals surface area (Å²) in [6.07, 6.45) is 9.25. The van der Waals surface area contributed by atoms with Crippen LogP contribution in [0.5, 0.6) is 0 Å². The number of ether oxygens (including phenoxy) is 1. The Balaban J connectivity index is 1.92. The molecular weight excluding hydrogens is 292 g/mol. The standard InChI is InChI=1S/C18H34N2O3/c1-13(2)20(12-14(3)21)18(22)19-16-10-6-7-11-17(16)23-15-8-4-5-9-15/h13-17,21H,4-12H2,1-3H3,(H,19,22). The summed E-state index contributed by atoms with van der Waals surface area (Å²) in [5.74, 6) is 0. The predicted octanol–water partition coefficient (Wildman–Crippen LogP) is 3.06. The van der Waals surface area contributed by atoms with Gasteiger partial charge in [0.15, 0.2) is 0 Å². The molecule has 0 aromatic rings. The summed E-state index contributed by atoms with van der Waals surface area (Å²) in [5.41, 5.74) is 0. The van der Waals surface area contributed by atoms with E-state index in [1.807, 2.05) is 13.8 Å². The van der Waals surface area contributed by atoms with Crippen LogP contribution in [0, 0.1) is 0 Å². The van der Waals surface area contributed by atoms with Gasteiger partial charge in [-0.15, -0.1) is 0 Å². The van der Waals surface area contributed by atoms with Crippen molar-refractivity contribution in [3.63, 3.8) is 0 Å². The van der Waals surface area contributed by atoms with Gasteiger partial charge in [0, 0.05) is 12.6 Å². The molecule has 23 heavy (non-hydrogen) atoms. The highest BCUT2D eigenvalue weighted by Gasteiger charge is 2.32. The van der Waals surface area contributed by atoms with Gasteiger partial charge >= 0.3 is 6.03 Å². The Labute approximate surface area is 140 Å². The number of hydrogen-bond donors (Lipinski definition) is 2. The fraction of sp³-hybridized carbons (Fsp3) is 0.944. The lowest BCUT2D eigenvalue weighted by atomic mass is 9.92. The SMILES string of the molecule is CC(O)CN(C(=O)NC1CCCCC1OC1CCCC1)C(C)C. The molecule has 0 saturated heterocycles. The molecule has 2 amide bonds. The highest BCUT2D eigenvalue weighted by molar-refractivity contribution is 5.75. The summed E-state index contributed by atoms with van der Waals surface area (Å²) in [7, 11) is 0. The average Bonchev–Trinajstić information content (AvgIpc) is 2.99. The molecule has 2 fully saturated rings. The monoisotopic (exact) mass is 326 g/mol. The lowest BCUT2D eigenvalue weighted by Gasteiger charge is -2.36. The number of hydrogen-bond acceptors (Lipinski definition) is 3. The van der Waals surface area contributed by atoms with Gasteiger partial charge in [-0.2, -0.15) is 0 Å². The summed E-state index contributed by atoms with van der Waals surface area (Å²) in [4.78, 5) is 14.3. The van der Waals surface area contributed by atoms with Gasteiger partial charge in [-0.25, -0.2) is 4.79 Å². The van der Waals surface area contributed by atoms with Gasteiger partial charge in [-0.3, -0.25) is 0 Å². The molecule has 0 radical (unpaired) electrons. The molecule has 2 aliphatic rings. The van der Waals surface area contributed by atoms with Crippen LogP contribution >= 0.6 is 0 Å². The zero-order chi connectivity index (χ0) is 16.8. The third-order valence-corrected chi connectivity index (χ3v) is 5.03. The number of urea groups is 1. The first-order valence-corrected chi connectivity index (χ1v) is 9.38. The van der Waals surface area contributed by atoms with Gasteiger partial charge < -0.3 is 20.1 Å². The topological polar surface area (TPSA) is 61.8 Å². The molecule has 0 spiro atoms. The van der Waals surface area contributed by atoms with E-state index in [1.54, 1.807) is 11.8 Å². The lowest BCUT2D eigenvalue weighted by Crippen LogP contribution is -2.54. The smallest absolute Gasteiger partial charge is 0.318 e. The fourth-order valence-electron chi connectivity index (χ4n) is 3.75. The van der Waals surface area contributed by atoms with E-state index >= 15 is 0 Å². The van der Waals surface area contributed by atoms with E-state index in [4.69, 9.17) is 4.74 Å². The van der Waals surface area contributed by atoms with Crippen molar-refractivity contribution in [1.29, 1.82) is 0 Å². The van der Waals surface area contributed by atoms with Crippen LogP contribution in [0.15, 0.2) is 0 Å². The Bertz CT molecular complexity index is 367. The largest absolute Gasteiger partial charge is 0.392 e. The first-order chi connectivity index (χ1) is 11.0. The summed E-state index contributed by atoms with van der Waals surface area (Å²) < 4.78 is 6.30. The number of aliphatic hydroxyl groups is 1. The summed E-state index contributed by atoms with van der Waals surface area (Å²) >= 11 is 0. The highest BCUT2D eigenvalue weighted by Crippen LogP contribution is 2.28. The number of rotatable bonds is 6. The Hall–Kier alpha value is -0.810. The van der Waals surface area contributed by atoms with Crippen molar-refractivity contribution in [3.05, 3.63) is 0 Å². The number of nitrogens with one attached hydrogen (secondary N) is 1. The van der Waals surface area contributed by atoms with Crippen molar-refractivity contribution in [2.75, 3.05) is 6.54 Å². The number of carbonyl (C=O) groups is 1. The van der Waals surface area contributed by atoms with Crippen LogP contribution in [0.25, 0.3) is 0 Å². The third kappa shape index (κ3) is 5.64. The summed E-state index contributed by atoms with van der Waals surface area (Å²) in [6.45, 7) is 6.05. The molecule has 2 rings (SSSR count). The first kappa shape index (κ1) is 18.5. The van der Waals surface area contributed by atoms with Crippen molar-refractivity contribution in [2.45, 2.75) is 103 Å². The molecule has 0 aromatic heterocycles. The molecular formula is C18H34N2O3. The van der Waals surface area contributed by atoms with E-state index in [-0.39, 0.29) is 24.2 Å². The minimum absolute atomic E-state index is 0.0717. The van der Waals surface area contributed by atoms with Crippen LogP contribution in [-0.2, 0) is 4.74 Å². The Morgan fingerprint density at radius 1 is 1.13 bits per heavy atom. The molecule has 2 saturated carbocycles. The molecule has 2 N–H and O–H groups in total. The molecule has 0 aliphatic heterocycles. The van der Waals surface area contributed by atoms with Gasteiger partial charge in [-0.05, 0) is 46.5 Å². The van der Waals surface area contributed by atoms with E-state index < -0.39 is 6.10 Å². The highest BCUT2D eigenvalue weighted by atomic mass is 16.5. The zero-order valence-corrected chi connectivity index (χ0v) is 15.0. The van der Waals surface area contributed by atoms with Gasteiger partial charge in [0.1, 0.15) is 0 Å². The summed E-state index contributed by atoms with van der Waals surface area (Å²) in [5, 5.41) is 12.8. The third-order valence-electron chi connectivity index (χ3n) is 5.03. The maximum atomic E-state index is 12.6. The first-order valence-electron chi connectivity index (χ1n) is 9.38. The minimum atomic E-state index is -0.514. The normalized spacial score (nSPS) is 27.2.